The lowest BCUT2D eigenvalue weighted by Crippen LogP contribution is -1.89. The van der Waals surface area contributed by atoms with Crippen LogP contribution in [-0.4, -0.2) is 17.1 Å². The molecule has 1 aromatic heterocycles. The molecule has 0 amide bonds. The number of nitrogens with zero attached hydrogens (tertiary/aromatic N) is 2. The monoisotopic (exact) mass is 240 g/mol. The highest BCUT2D eigenvalue weighted by molar-refractivity contribution is 5.78. The lowest BCUT2D eigenvalue weighted by Gasteiger charge is -2.06. The normalized spacial score (nSPS) is 11.4. The van der Waals surface area contributed by atoms with Gasteiger partial charge in [0.15, 0.2) is 0 Å². The molecule has 3 nitrogen and oxygen atoms in total. The molecule has 1 aromatic carbocycles. The van der Waals surface area contributed by atoms with Crippen LogP contribution in [0.2, 0.25) is 0 Å². The van der Waals surface area contributed by atoms with Gasteiger partial charge in [-0.2, -0.15) is 0 Å². The van der Waals surface area contributed by atoms with Crippen molar-refractivity contribution in [3.05, 3.63) is 53.6 Å². The van der Waals surface area contributed by atoms with E-state index in [4.69, 9.17) is 4.74 Å². The number of ether oxygens (including phenoxy) is 1. The van der Waals surface area contributed by atoms with E-state index in [0.29, 0.717) is 0 Å². The molecule has 0 radical (unpaired) electrons. The van der Waals surface area contributed by atoms with Gasteiger partial charge in [-0.1, -0.05) is 6.07 Å². The molecule has 0 aliphatic carbocycles. The minimum atomic E-state index is 0.894. The molecule has 3 heteroatoms. The number of aromatic nitrogens is 2. The molecule has 2 rings (SSSR count). The van der Waals surface area contributed by atoms with Gasteiger partial charge in [-0.05, 0) is 48.8 Å². The van der Waals surface area contributed by atoms with Gasteiger partial charge in [-0.25, -0.2) is 0 Å². The first-order valence-corrected chi connectivity index (χ1v) is 5.80. The van der Waals surface area contributed by atoms with E-state index in [1.807, 2.05) is 26.0 Å². The fourth-order valence-corrected chi connectivity index (χ4v) is 1.82. The van der Waals surface area contributed by atoms with Crippen molar-refractivity contribution in [3.8, 4) is 5.75 Å². The molecule has 0 saturated heterocycles. The first kappa shape index (κ1) is 12.3. The summed E-state index contributed by atoms with van der Waals surface area (Å²) in [6.07, 6.45) is 7.24. The maximum atomic E-state index is 5.25. The van der Waals surface area contributed by atoms with Crippen LogP contribution in [0.1, 0.15) is 23.7 Å². The van der Waals surface area contributed by atoms with Crippen LogP contribution in [0.3, 0.4) is 0 Å². The van der Waals surface area contributed by atoms with Crippen molar-refractivity contribution in [2.75, 3.05) is 7.11 Å². The molecule has 1 heterocycles. The minimum Gasteiger partial charge on any atom is -0.496 e. The van der Waals surface area contributed by atoms with Crippen LogP contribution in [0.4, 0.5) is 0 Å². The van der Waals surface area contributed by atoms with Crippen molar-refractivity contribution in [1.82, 2.24) is 9.97 Å². The zero-order chi connectivity index (χ0) is 13.0. The molecule has 0 N–H and O–H groups in total. The summed E-state index contributed by atoms with van der Waals surface area (Å²) >= 11 is 0. The number of rotatable bonds is 3. The quantitative estimate of drug-likeness (QED) is 0.825. The Kier molecular flexibility index (Phi) is 3.72. The van der Waals surface area contributed by atoms with Gasteiger partial charge in [0.05, 0.1) is 19.0 Å². The Morgan fingerprint density at radius 1 is 1.28 bits per heavy atom. The Morgan fingerprint density at radius 2 is 2.11 bits per heavy atom. The van der Waals surface area contributed by atoms with Crippen LogP contribution in [0.25, 0.3) is 11.6 Å². The number of benzene rings is 1. The van der Waals surface area contributed by atoms with E-state index in [1.54, 1.807) is 25.7 Å². The van der Waals surface area contributed by atoms with E-state index in [1.165, 1.54) is 0 Å². The predicted octanol–water partition coefficient (Wildman–Crippen LogP) is 3.35. The Hall–Kier alpha value is -2.16. The highest BCUT2D eigenvalue weighted by Gasteiger charge is 2.00. The summed E-state index contributed by atoms with van der Waals surface area (Å²) in [7, 11) is 1.68. The van der Waals surface area contributed by atoms with Gasteiger partial charge in [-0.15, -0.1) is 0 Å². The molecule has 0 bridgehead atoms. The van der Waals surface area contributed by atoms with Crippen molar-refractivity contribution in [1.29, 1.82) is 0 Å². The lowest BCUT2D eigenvalue weighted by molar-refractivity contribution is 0.411. The highest BCUT2D eigenvalue weighted by atomic mass is 16.5. The molecule has 92 valence electrons. The second kappa shape index (κ2) is 5.45. The highest BCUT2D eigenvalue weighted by Crippen LogP contribution is 2.21. The Bertz CT molecular complexity index is 562. The van der Waals surface area contributed by atoms with Gasteiger partial charge in [0, 0.05) is 12.4 Å². The molecule has 0 fully saturated rings. The van der Waals surface area contributed by atoms with E-state index >= 15 is 0 Å². The number of methoxy groups -OCH3 is 1. The maximum Gasteiger partial charge on any atom is 0.121 e. The molecule has 0 unspecified atom stereocenters. The summed E-state index contributed by atoms with van der Waals surface area (Å²) in [6.45, 7) is 4.07. The largest absolute Gasteiger partial charge is 0.496 e. The molecule has 2 aromatic rings. The van der Waals surface area contributed by atoms with Crippen molar-refractivity contribution in [2.24, 2.45) is 0 Å². The molecule has 0 aliphatic rings. The number of allylic oxidation sites excluding steroid dienone is 1. The summed E-state index contributed by atoms with van der Waals surface area (Å²) in [5.74, 6) is 0.907. The van der Waals surface area contributed by atoms with E-state index in [9.17, 15) is 0 Å². The SMILES string of the molecule is COc1ccc(/C=C(\C)c2cnccn2)cc1C. The van der Waals surface area contributed by atoms with Crippen LogP contribution in [0.15, 0.2) is 36.8 Å². The zero-order valence-electron chi connectivity index (χ0n) is 10.8. The van der Waals surface area contributed by atoms with Gasteiger partial charge in [0.2, 0.25) is 0 Å². The smallest absolute Gasteiger partial charge is 0.121 e. The molecular weight excluding hydrogens is 224 g/mol. The zero-order valence-corrected chi connectivity index (χ0v) is 10.8. The minimum absolute atomic E-state index is 0.894. The summed E-state index contributed by atoms with van der Waals surface area (Å²) in [5, 5.41) is 0. The van der Waals surface area contributed by atoms with Crippen LogP contribution in [0.5, 0.6) is 5.75 Å². The van der Waals surface area contributed by atoms with E-state index < -0.39 is 0 Å². The van der Waals surface area contributed by atoms with Crippen molar-refractivity contribution < 1.29 is 4.74 Å². The summed E-state index contributed by atoms with van der Waals surface area (Å²) in [4.78, 5) is 8.34. The van der Waals surface area contributed by atoms with Gasteiger partial charge in [0.1, 0.15) is 5.75 Å². The van der Waals surface area contributed by atoms with Crippen molar-refractivity contribution in [3.63, 3.8) is 0 Å². The third kappa shape index (κ3) is 2.74. The Morgan fingerprint density at radius 3 is 2.72 bits per heavy atom. The topological polar surface area (TPSA) is 35.0 Å². The molecule has 0 aliphatic heterocycles. The number of hydrogen-bond donors (Lipinski definition) is 0. The van der Waals surface area contributed by atoms with Crippen LogP contribution < -0.4 is 4.74 Å². The second-order valence-electron chi connectivity index (χ2n) is 4.15. The predicted molar refractivity (Wildman–Crippen MR) is 73.3 cm³/mol. The van der Waals surface area contributed by atoms with Gasteiger partial charge < -0.3 is 4.74 Å². The summed E-state index contributed by atoms with van der Waals surface area (Å²) < 4.78 is 5.25. The molecular formula is C15H16N2O. The second-order valence-corrected chi connectivity index (χ2v) is 4.15. The molecule has 0 saturated carbocycles. The van der Waals surface area contributed by atoms with Gasteiger partial charge >= 0.3 is 0 Å². The third-order valence-corrected chi connectivity index (χ3v) is 2.77. The van der Waals surface area contributed by atoms with Gasteiger partial charge in [0.25, 0.3) is 0 Å². The van der Waals surface area contributed by atoms with Gasteiger partial charge in [-0.3, -0.25) is 9.97 Å². The first-order chi connectivity index (χ1) is 8.70. The standard InChI is InChI=1S/C15H16N2O/c1-11(14-10-16-6-7-17-14)8-13-4-5-15(18-3)12(2)9-13/h4-10H,1-3H3/b11-8+. The maximum absolute atomic E-state index is 5.25. The third-order valence-electron chi connectivity index (χ3n) is 2.77. The first-order valence-electron chi connectivity index (χ1n) is 5.80. The Labute approximate surface area is 107 Å². The van der Waals surface area contributed by atoms with E-state index in [0.717, 1.165) is 28.1 Å². The van der Waals surface area contributed by atoms with Crippen molar-refractivity contribution >= 4 is 11.6 Å². The molecule has 0 atom stereocenters. The lowest BCUT2D eigenvalue weighted by atomic mass is 10.1. The van der Waals surface area contributed by atoms with E-state index in [-0.39, 0.29) is 0 Å². The van der Waals surface area contributed by atoms with Crippen LogP contribution >= 0.6 is 0 Å². The fraction of sp³-hybridized carbons (Fsp3) is 0.200. The van der Waals surface area contributed by atoms with Crippen LogP contribution in [0, 0.1) is 6.92 Å². The molecule has 0 spiro atoms. The summed E-state index contributed by atoms with van der Waals surface area (Å²) in [5.41, 5.74) is 4.24. The fourth-order valence-electron chi connectivity index (χ4n) is 1.82. The average molecular weight is 240 g/mol. The Balaban J connectivity index is 2.31. The van der Waals surface area contributed by atoms with Crippen LogP contribution in [-0.2, 0) is 0 Å². The molecule has 18 heavy (non-hydrogen) atoms. The average Bonchev–Trinajstić information content (AvgIpc) is 2.40. The van der Waals surface area contributed by atoms with Crippen molar-refractivity contribution in [2.45, 2.75) is 13.8 Å². The summed E-state index contributed by atoms with van der Waals surface area (Å²) in [6, 6.07) is 6.11. The number of hydrogen-bond acceptors (Lipinski definition) is 3. The number of aryl methyl sites for hydroxylation is 1. The van der Waals surface area contributed by atoms with E-state index in [2.05, 4.69) is 22.1 Å².